The molecule has 0 saturated carbocycles. The fourth-order valence-corrected chi connectivity index (χ4v) is 1.74. The second-order valence-corrected chi connectivity index (χ2v) is 5.67. The number of nitrogens with one attached hydrogen (secondary N) is 1. The summed E-state index contributed by atoms with van der Waals surface area (Å²) < 4.78 is 0. The average molecular weight is 226 g/mol. The lowest BCUT2D eigenvalue weighted by atomic mass is 9.87. The minimum Gasteiger partial charge on any atom is -0.350 e. The standard InChI is InChI=1S/C11H18N2OS/c1-11(2,3)9(12)10(14)13-7-8-5-4-6-15-8/h4-6,9H,7,12H2,1-3H3,(H,13,14)/t9-/m1/s1. The predicted octanol–water partition coefficient (Wildman–Crippen LogP) is 1.74. The van der Waals surface area contributed by atoms with Crippen molar-refractivity contribution in [2.24, 2.45) is 11.1 Å². The molecule has 0 saturated heterocycles. The van der Waals surface area contributed by atoms with Crippen LogP contribution in [0.5, 0.6) is 0 Å². The van der Waals surface area contributed by atoms with Gasteiger partial charge in [-0.2, -0.15) is 0 Å². The van der Waals surface area contributed by atoms with Gasteiger partial charge in [-0.1, -0.05) is 26.8 Å². The van der Waals surface area contributed by atoms with Crippen LogP contribution in [-0.2, 0) is 11.3 Å². The summed E-state index contributed by atoms with van der Waals surface area (Å²) in [5.74, 6) is -0.0871. The molecule has 0 aliphatic heterocycles. The van der Waals surface area contributed by atoms with Crippen LogP contribution in [0, 0.1) is 5.41 Å². The summed E-state index contributed by atoms with van der Waals surface area (Å²) in [6, 6.07) is 3.50. The van der Waals surface area contributed by atoms with E-state index in [1.54, 1.807) is 11.3 Å². The Morgan fingerprint density at radius 1 is 1.60 bits per heavy atom. The Kier molecular flexibility index (Phi) is 3.88. The van der Waals surface area contributed by atoms with E-state index in [1.807, 2.05) is 38.3 Å². The van der Waals surface area contributed by atoms with Crippen molar-refractivity contribution in [3.05, 3.63) is 22.4 Å². The summed E-state index contributed by atoms with van der Waals surface area (Å²) >= 11 is 1.63. The van der Waals surface area contributed by atoms with Crippen molar-refractivity contribution in [1.82, 2.24) is 5.32 Å². The van der Waals surface area contributed by atoms with Gasteiger partial charge in [-0.3, -0.25) is 4.79 Å². The Morgan fingerprint density at radius 3 is 2.73 bits per heavy atom. The van der Waals surface area contributed by atoms with E-state index in [9.17, 15) is 4.79 Å². The minimum atomic E-state index is -0.461. The monoisotopic (exact) mass is 226 g/mol. The summed E-state index contributed by atoms with van der Waals surface area (Å²) in [6.07, 6.45) is 0. The van der Waals surface area contributed by atoms with Crippen LogP contribution in [0.2, 0.25) is 0 Å². The van der Waals surface area contributed by atoms with Gasteiger partial charge in [-0.05, 0) is 16.9 Å². The fourth-order valence-electron chi connectivity index (χ4n) is 1.09. The molecule has 1 rings (SSSR count). The number of rotatable bonds is 3. The van der Waals surface area contributed by atoms with Crippen molar-refractivity contribution < 1.29 is 4.79 Å². The highest BCUT2D eigenvalue weighted by Gasteiger charge is 2.26. The molecule has 15 heavy (non-hydrogen) atoms. The van der Waals surface area contributed by atoms with Gasteiger partial charge in [-0.25, -0.2) is 0 Å². The number of hydrogen-bond donors (Lipinski definition) is 2. The molecule has 4 heteroatoms. The zero-order valence-corrected chi connectivity index (χ0v) is 10.2. The van der Waals surface area contributed by atoms with Crippen molar-refractivity contribution in [2.75, 3.05) is 0 Å². The number of hydrogen-bond acceptors (Lipinski definition) is 3. The molecular formula is C11H18N2OS. The van der Waals surface area contributed by atoms with Crippen LogP contribution in [0.4, 0.5) is 0 Å². The predicted molar refractivity (Wildman–Crippen MR) is 63.6 cm³/mol. The van der Waals surface area contributed by atoms with E-state index in [4.69, 9.17) is 5.73 Å². The second kappa shape index (κ2) is 4.77. The lowest BCUT2D eigenvalue weighted by molar-refractivity contribution is -0.124. The van der Waals surface area contributed by atoms with E-state index in [0.717, 1.165) is 4.88 Å². The van der Waals surface area contributed by atoms with Crippen molar-refractivity contribution in [3.63, 3.8) is 0 Å². The van der Waals surface area contributed by atoms with Crippen molar-refractivity contribution in [1.29, 1.82) is 0 Å². The molecule has 0 fully saturated rings. The van der Waals surface area contributed by atoms with Crippen LogP contribution in [-0.4, -0.2) is 11.9 Å². The molecule has 0 aliphatic carbocycles. The molecule has 0 radical (unpaired) electrons. The second-order valence-electron chi connectivity index (χ2n) is 4.64. The zero-order chi connectivity index (χ0) is 11.5. The number of amides is 1. The first-order chi connectivity index (χ1) is 6.91. The first-order valence-electron chi connectivity index (χ1n) is 4.97. The maximum Gasteiger partial charge on any atom is 0.237 e. The van der Waals surface area contributed by atoms with Gasteiger partial charge in [0.1, 0.15) is 0 Å². The van der Waals surface area contributed by atoms with Crippen LogP contribution in [0.25, 0.3) is 0 Å². The molecule has 0 aromatic carbocycles. The maximum absolute atomic E-state index is 11.7. The third kappa shape index (κ3) is 3.64. The third-order valence-electron chi connectivity index (χ3n) is 2.23. The molecule has 0 spiro atoms. The summed E-state index contributed by atoms with van der Waals surface area (Å²) in [7, 11) is 0. The van der Waals surface area contributed by atoms with Crippen LogP contribution >= 0.6 is 11.3 Å². The Morgan fingerprint density at radius 2 is 2.27 bits per heavy atom. The smallest absolute Gasteiger partial charge is 0.237 e. The number of carbonyl (C=O) groups is 1. The lowest BCUT2D eigenvalue weighted by Gasteiger charge is -2.25. The molecule has 1 atom stereocenters. The molecule has 0 aliphatic rings. The zero-order valence-electron chi connectivity index (χ0n) is 9.41. The van der Waals surface area contributed by atoms with Gasteiger partial charge in [0.25, 0.3) is 0 Å². The number of carbonyl (C=O) groups excluding carboxylic acids is 1. The molecule has 0 unspecified atom stereocenters. The highest BCUT2D eigenvalue weighted by atomic mass is 32.1. The minimum absolute atomic E-state index is 0.0871. The number of nitrogens with two attached hydrogens (primary N) is 1. The lowest BCUT2D eigenvalue weighted by Crippen LogP contribution is -2.48. The Balaban J connectivity index is 2.43. The Hall–Kier alpha value is -0.870. The van der Waals surface area contributed by atoms with E-state index in [0.29, 0.717) is 6.54 Å². The topological polar surface area (TPSA) is 55.1 Å². The highest BCUT2D eigenvalue weighted by molar-refractivity contribution is 7.09. The summed E-state index contributed by atoms with van der Waals surface area (Å²) in [4.78, 5) is 12.8. The molecule has 3 nitrogen and oxygen atoms in total. The molecular weight excluding hydrogens is 208 g/mol. The van der Waals surface area contributed by atoms with E-state index in [-0.39, 0.29) is 11.3 Å². The molecule has 0 bridgehead atoms. The highest BCUT2D eigenvalue weighted by Crippen LogP contribution is 2.17. The van der Waals surface area contributed by atoms with E-state index in [2.05, 4.69) is 5.32 Å². The van der Waals surface area contributed by atoms with Crippen molar-refractivity contribution in [2.45, 2.75) is 33.4 Å². The Labute approximate surface area is 94.7 Å². The van der Waals surface area contributed by atoms with Gasteiger partial charge in [0, 0.05) is 4.88 Å². The Bertz CT molecular complexity index is 314. The van der Waals surface area contributed by atoms with Crippen LogP contribution in [0.15, 0.2) is 17.5 Å². The maximum atomic E-state index is 11.7. The molecule has 1 aromatic heterocycles. The van der Waals surface area contributed by atoms with Crippen LogP contribution in [0.1, 0.15) is 25.6 Å². The van der Waals surface area contributed by atoms with Gasteiger partial charge in [0.05, 0.1) is 12.6 Å². The van der Waals surface area contributed by atoms with Crippen molar-refractivity contribution in [3.8, 4) is 0 Å². The fraction of sp³-hybridized carbons (Fsp3) is 0.545. The molecule has 1 heterocycles. The molecule has 1 amide bonds. The first kappa shape index (κ1) is 12.2. The van der Waals surface area contributed by atoms with E-state index < -0.39 is 6.04 Å². The summed E-state index contributed by atoms with van der Waals surface area (Å²) in [6.45, 7) is 6.45. The molecule has 84 valence electrons. The number of thiophene rings is 1. The SMILES string of the molecule is CC(C)(C)[C@H](N)C(=O)NCc1cccs1. The van der Waals surface area contributed by atoms with Gasteiger partial charge < -0.3 is 11.1 Å². The average Bonchev–Trinajstić information content (AvgIpc) is 2.63. The normalized spacial score (nSPS) is 13.6. The van der Waals surface area contributed by atoms with E-state index >= 15 is 0 Å². The molecule has 1 aromatic rings. The quantitative estimate of drug-likeness (QED) is 0.825. The summed E-state index contributed by atoms with van der Waals surface area (Å²) in [5, 5.41) is 4.83. The first-order valence-corrected chi connectivity index (χ1v) is 5.85. The van der Waals surface area contributed by atoms with Crippen LogP contribution < -0.4 is 11.1 Å². The van der Waals surface area contributed by atoms with Crippen LogP contribution in [0.3, 0.4) is 0 Å². The third-order valence-corrected chi connectivity index (χ3v) is 3.11. The van der Waals surface area contributed by atoms with Gasteiger partial charge in [-0.15, -0.1) is 11.3 Å². The van der Waals surface area contributed by atoms with Gasteiger partial charge in [0.15, 0.2) is 0 Å². The van der Waals surface area contributed by atoms with E-state index in [1.165, 1.54) is 0 Å². The largest absolute Gasteiger partial charge is 0.350 e. The van der Waals surface area contributed by atoms with Gasteiger partial charge in [0.2, 0.25) is 5.91 Å². The molecule has 3 N–H and O–H groups in total. The van der Waals surface area contributed by atoms with Gasteiger partial charge >= 0.3 is 0 Å². The summed E-state index contributed by atoms with van der Waals surface area (Å²) in [5.41, 5.74) is 5.63. The van der Waals surface area contributed by atoms with Crippen molar-refractivity contribution >= 4 is 17.2 Å².